The van der Waals surface area contributed by atoms with Crippen molar-refractivity contribution < 1.29 is 9.59 Å². The summed E-state index contributed by atoms with van der Waals surface area (Å²) in [6.45, 7) is 8.44. The molecule has 4 rings (SSSR count). The molecule has 0 aliphatic carbocycles. The molecule has 0 bridgehead atoms. The Balaban J connectivity index is 1.43. The van der Waals surface area contributed by atoms with Crippen molar-refractivity contribution in [2.75, 3.05) is 23.3 Å². The van der Waals surface area contributed by atoms with Gasteiger partial charge in [0, 0.05) is 30.9 Å². The summed E-state index contributed by atoms with van der Waals surface area (Å²) in [7, 11) is 0. The van der Waals surface area contributed by atoms with E-state index in [-0.39, 0.29) is 17.9 Å². The highest BCUT2D eigenvalue weighted by Crippen LogP contribution is 2.36. The molecule has 2 aliphatic heterocycles. The molecule has 2 amide bonds. The van der Waals surface area contributed by atoms with E-state index in [9.17, 15) is 9.59 Å². The second-order valence-electron chi connectivity index (χ2n) is 7.90. The number of anilines is 2. The van der Waals surface area contributed by atoms with Crippen LogP contribution in [0.25, 0.3) is 0 Å². The second kappa shape index (κ2) is 7.89. The summed E-state index contributed by atoms with van der Waals surface area (Å²) >= 11 is 0. The normalized spacial score (nSPS) is 18.1. The van der Waals surface area contributed by atoms with Gasteiger partial charge in [0.2, 0.25) is 5.91 Å². The fourth-order valence-electron chi connectivity index (χ4n) is 4.54. The zero-order chi connectivity index (χ0) is 20.5. The lowest BCUT2D eigenvalue weighted by Gasteiger charge is -2.41. The predicted octanol–water partition coefficient (Wildman–Crippen LogP) is 2.80. The molecule has 1 aromatic carbocycles. The lowest BCUT2D eigenvalue weighted by atomic mass is 9.97. The molecule has 7 heteroatoms. The first kappa shape index (κ1) is 19.5. The highest BCUT2D eigenvalue weighted by atomic mass is 16.2. The fraction of sp³-hybridized carbons (Fsp3) is 0.500. The topological polar surface area (TPSA) is 79.3 Å². The molecular formula is C22H29N5O2. The minimum atomic E-state index is -0.124. The second-order valence-corrected chi connectivity index (χ2v) is 7.90. The summed E-state index contributed by atoms with van der Waals surface area (Å²) < 4.78 is 1.99. The number of hydrogen-bond acceptors (Lipinski definition) is 4. The standard InChI is InChI=1S/C22H29N5O2/c1-4-27-15(3)17(14(2)25-27)10-11-23-21(28)16-8-9-19-18(13-16)24-22(29)20-7-5-6-12-26(19)20/h8-9,13,20H,4-7,10-12H2,1-3H3,(H,23,28)(H,24,29)/t20-/m0/s1. The van der Waals surface area contributed by atoms with Gasteiger partial charge in [-0.25, -0.2) is 0 Å². The zero-order valence-electron chi connectivity index (χ0n) is 17.4. The Hall–Kier alpha value is -2.83. The highest BCUT2D eigenvalue weighted by molar-refractivity contribution is 6.05. The third kappa shape index (κ3) is 3.61. The van der Waals surface area contributed by atoms with Crippen LogP contribution in [0.3, 0.4) is 0 Å². The van der Waals surface area contributed by atoms with E-state index < -0.39 is 0 Å². The van der Waals surface area contributed by atoms with Crippen LogP contribution in [0.4, 0.5) is 11.4 Å². The van der Waals surface area contributed by atoms with Gasteiger partial charge in [0.15, 0.2) is 0 Å². The molecule has 1 saturated heterocycles. The quantitative estimate of drug-likeness (QED) is 0.816. The Labute approximate surface area is 171 Å². The molecular weight excluding hydrogens is 366 g/mol. The zero-order valence-corrected chi connectivity index (χ0v) is 17.4. The third-order valence-electron chi connectivity index (χ3n) is 6.12. The van der Waals surface area contributed by atoms with Gasteiger partial charge in [0.25, 0.3) is 5.91 Å². The monoisotopic (exact) mass is 395 g/mol. The van der Waals surface area contributed by atoms with Crippen molar-refractivity contribution in [3.63, 3.8) is 0 Å². The van der Waals surface area contributed by atoms with Gasteiger partial charge in [0.1, 0.15) is 6.04 Å². The van der Waals surface area contributed by atoms with Gasteiger partial charge in [-0.15, -0.1) is 0 Å². The number of carbonyl (C=O) groups is 2. The summed E-state index contributed by atoms with van der Waals surface area (Å²) in [4.78, 5) is 27.3. The molecule has 2 aromatic rings. The van der Waals surface area contributed by atoms with Crippen molar-refractivity contribution in [2.24, 2.45) is 0 Å². The maximum absolute atomic E-state index is 12.7. The van der Waals surface area contributed by atoms with Gasteiger partial charge in [-0.1, -0.05) is 0 Å². The Morgan fingerprint density at radius 2 is 2.14 bits per heavy atom. The molecule has 0 saturated carbocycles. The number of hydrogen-bond donors (Lipinski definition) is 2. The van der Waals surface area contributed by atoms with Crippen LogP contribution in [-0.4, -0.2) is 40.7 Å². The molecule has 7 nitrogen and oxygen atoms in total. The van der Waals surface area contributed by atoms with Crippen molar-refractivity contribution in [1.29, 1.82) is 0 Å². The van der Waals surface area contributed by atoms with Crippen LogP contribution in [0, 0.1) is 13.8 Å². The number of fused-ring (bicyclic) bond motifs is 3. The lowest BCUT2D eigenvalue weighted by Crippen LogP contribution is -2.50. The molecule has 1 atom stereocenters. The molecule has 29 heavy (non-hydrogen) atoms. The van der Waals surface area contributed by atoms with Crippen LogP contribution in [0.1, 0.15) is 53.5 Å². The minimum absolute atomic E-state index is 0.0358. The molecule has 2 aliphatic rings. The number of aryl methyl sites for hydroxylation is 2. The van der Waals surface area contributed by atoms with Crippen molar-refractivity contribution in [3.05, 3.63) is 40.7 Å². The average Bonchev–Trinajstić information content (AvgIpc) is 3.01. The Morgan fingerprint density at radius 1 is 1.31 bits per heavy atom. The highest BCUT2D eigenvalue weighted by Gasteiger charge is 2.34. The van der Waals surface area contributed by atoms with Crippen LogP contribution >= 0.6 is 0 Å². The number of rotatable bonds is 5. The largest absolute Gasteiger partial charge is 0.358 e. The van der Waals surface area contributed by atoms with E-state index in [1.54, 1.807) is 6.07 Å². The lowest BCUT2D eigenvalue weighted by molar-refractivity contribution is -0.118. The predicted molar refractivity (Wildman–Crippen MR) is 113 cm³/mol. The van der Waals surface area contributed by atoms with Gasteiger partial charge in [0.05, 0.1) is 17.1 Å². The third-order valence-corrected chi connectivity index (χ3v) is 6.12. The SMILES string of the molecule is CCn1nc(C)c(CCNC(=O)c2ccc3c(c2)NC(=O)[C@@H]2CCCCN32)c1C. The van der Waals surface area contributed by atoms with E-state index >= 15 is 0 Å². The summed E-state index contributed by atoms with van der Waals surface area (Å²) in [6, 6.07) is 5.52. The van der Waals surface area contributed by atoms with E-state index in [2.05, 4.69) is 34.5 Å². The van der Waals surface area contributed by atoms with E-state index in [0.717, 1.165) is 61.5 Å². The molecule has 3 heterocycles. The number of benzene rings is 1. The van der Waals surface area contributed by atoms with E-state index in [0.29, 0.717) is 12.1 Å². The molecule has 0 spiro atoms. The number of aromatic nitrogens is 2. The first-order valence-corrected chi connectivity index (χ1v) is 10.5. The van der Waals surface area contributed by atoms with Gasteiger partial charge >= 0.3 is 0 Å². The number of amides is 2. The van der Waals surface area contributed by atoms with Crippen molar-refractivity contribution in [1.82, 2.24) is 15.1 Å². The van der Waals surface area contributed by atoms with Gasteiger partial charge < -0.3 is 15.5 Å². The fourth-order valence-corrected chi connectivity index (χ4v) is 4.54. The number of carbonyl (C=O) groups excluding carboxylic acids is 2. The number of nitrogens with one attached hydrogen (secondary N) is 2. The first-order chi connectivity index (χ1) is 14.0. The summed E-state index contributed by atoms with van der Waals surface area (Å²) in [5.41, 5.74) is 5.69. The van der Waals surface area contributed by atoms with Crippen molar-refractivity contribution >= 4 is 23.2 Å². The van der Waals surface area contributed by atoms with Crippen LogP contribution in [0.2, 0.25) is 0 Å². The minimum Gasteiger partial charge on any atom is -0.358 e. The average molecular weight is 396 g/mol. The number of nitrogens with zero attached hydrogens (tertiary/aromatic N) is 3. The van der Waals surface area contributed by atoms with E-state index in [4.69, 9.17) is 0 Å². The molecule has 0 unspecified atom stereocenters. The van der Waals surface area contributed by atoms with Crippen molar-refractivity contribution in [2.45, 2.75) is 59.0 Å². The summed E-state index contributed by atoms with van der Waals surface area (Å²) in [5, 5.41) is 10.5. The van der Waals surface area contributed by atoms with E-state index in [1.165, 1.54) is 5.56 Å². The Bertz CT molecular complexity index is 949. The maximum atomic E-state index is 12.7. The van der Waals surface area contributed by atoms with Crippen molar-refractivity contribution in [3.8, 4) is 0 Å². The van der Waals surface area contributed by atoms with Gasteiger partial charge in [-0.3, -0.25) is 14.3 Å². The van der Waals surface area contributed by atoms with E-state index in [1.807, 2.05) is 23.7 Å². The summed E-state index contributed by atoms with van der Waals surface area (Å²) in [5.74, 6) is -0.0883. The molecule has 1 fully saturated rings. The first-order valence-electron chi connectivity index (χ1n) is 10.5. The van der Waals surface area contributed by atoms with Gasteiger partial charge in [-0.2, -0.15) is 5.10 Å². The Kier molecular flexibility index (Phi) is 5.30. The molecule has 1 aromatic heterocycles. The smallest absolute Gasteiger partial charge is 0.251 e. The maximum Gasteiger partial charge on any atom is 0.251 e. The van der Waals surface area contributed by atoms with Crippen LogP contribution < -0.4 is 15.5 Å². The van der Waals surface area contributed by atoms with Crippen LogP contribution in [-0.2, 0) is 17.8 Å². The number of piperidine rings is 1. The van der Waals surface area contributed by atoms with Gasteiger partial charge in [-0.05, 0) is 70.2 Å². The summed E-state index contributed by atoms with van der Waals surface area (Å²) in [6.07, 6.45) is 3.82. The molecule has 2 N–H and O–H groups in total. The van der Waals surface area contributed by atoms with Crippen LogP contribution in [0.5, 0.6) is 0 Å². The Morgan fingerprint density at radius 3 is 2.90 bits per heavy atom. The molecule has 0 radical (unpaired) electrons. The molecule has 154 valence electrons. The van der Waals surface area contributed by atoms with Crippen LogP contribution in [0.15, 0.2) is 18.2 Å².